The Hall–Kier alpha value is -1.80. The average Bonchev–Trinajstić information content (AvgIpc) is 2.46. The predicted octanol–water partition coefficient (Wildman–Crippen LogP) is 4.06. The quantitative estimate of drug-likeness (QED) is 0.898. The van der Waals surface area contributed by atoms with Crippen molar-refractivity contribution in [1.82, 2.24) is 0 Å². The molecule has 0 amide bonds. The van der Waals surface area contributed by atoms with Crippen LogP contribution in [0.2, 0.25) is 0 Å². The third-order valence-electron chi connectivity index (χ3n) is 3.61. The minimum absolute atomic E-state index is 0.0768. The van der Waals surface area contributed by atoms with Gasteiger partial charge in [0, 0.05) is 0 Å². The number of hydrogen-bond acceptors (Lipinski definition) is 2. The fourth-order valence-electron chi connectivity index (χ4n) is 2.47. The summed E-state index contributed by atoms with van der Waals surface area (Å²) in [6.45, 7) is 7.87. The van der Waals surface area contributed by atoms with E-state index in [1.54, 1.807) is 0 Å². The zero-order valence-electron chi connectivity index (χ0n) is 13.2. The van der Waals surface area contributed by atoms with E-state index < -0.39 is 0 Å². The van der Waals surface area contributed by atoms with Gasteiger partial charge in [-0.25, -0.2) is 0 Å². The van der Waals surface area contributed by atoms with Crippen LogP contribution >= 0.6 is 0 Å². The van der Waals surface area contributed by atoms with E-state index in [2.05, 4.69) is 51.1 Å². The van der Waals surface area contributed by atoms with E-state index in [0.29, 0.717) is 13.2 Å². The summed E-state index contributed by atoms with van der Waals surface area (Å²) in [6.07, 6.45) is 0.889. The molecule has 2 nitrogen and oxygen atoms in total. The van der Waals surface area contributed by atoms with Crippen molar-refractivity contribution in [3.63, 3.8) is 0 Å². The molecule has 0 saturated carbocycles. The van der Waals surface area contributed by atoms with Crippen LogP contribution in [-0.4, -0.2) is 6.54 Å². The normalized spacial score (nSPS) is 11.4. The van der Waals surface area contributed by atoms with Gasteiger partial charge in [0.2, 0.25) is 0 Å². The number of rotatable bonds is 5. The molecule has 0 radical (unpaired) electrons. The fourth-order valence-corrected chi connectivity index (χ4v) is 2.47. The first kappa shape index (κ1) is 15.6. The maximum atomic E-state index is 6.10. The van der Waals surface area contributed by atoms with E-state index in [1.165, 1.54) is 16.7 Å². The zero-order chi connectivity index (χ0) is 15.3. The molecule has 2 heteroatoms. The van der Waals surface area contributed by atoms with E-state index in [9.17, 15) is 0 Å². The Morgan fingerprint density at radius 3 is 2.19 bits per heavy atom. The average molecular weight is 283 g/mol. The Balaban J connectivity index is 2.18. The second-order valence-electron chi connectivity index (χ2n) is 6.34. The number of para-hydroxylation sites is 1. The van der Waals surface area contributed by atoms with Gasteiger partial charge in [-0.2, -0.15) is 0 Å². The highest BCUT2D eigenvalue weighted by atomic mass is 16.5. The lowest BCUT2D eigenvalue weighted by molar-refractivity contribution is 0.296. The summed E-state index contributed by atoms with van der Waals surface area (Å²) in [7, 11) is 0. The lowest BCUT2D eigenvalue weighted by Crippen LogP contribution is -2.13. The standard InChI is InChI=1S/C19H25NO/c1-19(2,3)17-10-6-7-11-18(17)21-14-16-9-5-4-8-15(16)12-13-20/h4-11H,12-14,20H2,1-3H3. The minimum Gasteiger partial charge on any atom is -0.489 e. The first-order valence-electron chi connectivity index (χ1n) is 7.51. The van der Waals surface area contributed by atoms with E-state index in [4.69, 9.17) is 10.5 Å². The first-order chi connectivity index (χ1) is 10.0. The Bertz CT molecular complexity index is 584. The second-order valence-corrected chi connectivity index (χ2v) is 6.34. The van der Waals surface area contributed by atoms with Crippen molar-refractivity contribution < 1.29 is 4.74 Å². The van der Waals surface area contributed by atoms with Crippen LogP contribution in [0.1, 0.15) is 37.5 Å². The molecule has 0 aliphatic carbocycles. The Kier molecular flexibility index (Phi) is 5.03. The molecule has 0 atom stereocenters. The summed E-state index contributed by atoms with van der Waals surface area (Å²) < 4.78 is 6.10. The van der Waals surface area contributed by atoms with Crippen LogP contribution in [0.3, 0.4) is 0 Å². The molecule has 0 fully saturated rings. The maximum Gasteiger partial charge on any atom is 0.123 e. The van der Waals surface area contributed by atoms with Crippen molar-refractivity contribution in [3.05, 3.63) is 65.2 Å². The van der Waals surface area contributed by atoms with Crippen molar-refractivity contribution in [3.8, 4) is 5.75 Å². The highest BCUT2D eigenvalue weighted by Crippen LogP contribution is 2.31. The molecular weight excluding hydrogens is 258 g/mol. The molecule has 0 bridgehead atoms. The molecule has 0 aliphatic heterocycles. The molecule has 0 aliphatic rings. The van der Waals surface area contributed by atoms with Gasteiger partial charge < -0.3 is 10.5 Å². The summed E-state index contributed by atoms with van der Waals surface area (Å²) in [6, 6.07) is 16.6. The molecule has 0 saturated heterocycles. The summed E-state index contributed by atoms with van der Waals surface area (Å²) in [5.74, 6) is 0.965. The smallest absolute Gasteiger partial charge is 0.123 e. The third-order valence-corrected chi connectivity index (χ3v) is 3.61. The molecule has 2 aromatic rings. The number of hydrogen-bond donors (Lipinski definition) is 1. The molecule has 0 spiro atoms. The lowest BCUT2D eigenvalue weighted by Gasteiger charge is -2.23. The van der Waals surface area contributed by atoms with E-state index in [-0.39, 0.29) is 5.41 Å². The van der Waals surface area contributed by atoms with Crippen LogP contribution in [0.25, 0.3) is 0 Å². The molecule has 2 aromatic carbocycles. The summed E-state index contributed by atoms with van der Waals surface area (Å²) in [5.41, 5.74) is 9.48. The zero-order valence-corrected chi connectivity index (χ0v) is 13.2. The topological polar surface area (TPSA) is 35.2 Å². The van der Waals surface area contributed by atoms with Gasteiger partial charge in [0.05, 0.1) is 0 Å². The molecule has 21 heavy (non-hydrogen) atoms. The SMILES string of the molecule is CC(C)(C)c1ccccc1OCc1ccccc1CCN. The third kappa shape index (κ3) is 4.08. The van der Waals surface area contributed by atoms with Crippen molar-refractivity contribution in [2.45, 2.75) is 39.2 Å². The molecular formula is C19H25NO. The van der Waals surface area contributed by atoms with Crippen LogP contribution in [-0.2, 0) is 18.4 Å². The molecule has 0 aromatic heterocycles. The summed E-state index contributed by atoms with van der Waals surface area (Å²) in [4.78, 5) is 0. The van der Waals surface area contributed by atoms with Gasteiger partial charge in [-0.1, -0.05) is 63.2 Å². The molecule has 112 valence electrons. The van der Waals surface area contributed by atoms with Crippen molar-refractivity contribution >= 4 is 0 Å². The fraction of sp³-hybridized carbons (Fsp3) is 0.368. The Labute approximate surface area is 127 Å². The van der Waals surface area contributed by atoms with E-state index in [1.807, 2.05) is 18.2 Å². The first-order valence-corrected chi connectivity index (χ1v) is 7.51. The van der Waals surface area contributed by atoms with E-state index >= 15 is 0 Å². The highest BCUT2D eigenvalue weighted by molar-refractivity contribution is 5.38. The highest BCUT2D eigenvalue weighted by Gasteiger charge is 2.18. The lowest BCUT2D eigenvalue weighted by atomic mass is 9.86. The molecule has 0 unspecified atom stereocenters. The minimum atomic E-state index is 0.0768. The van der Waals surface area contributed by atoms with Gasteiger partial charge in [0.1, 0.15) is 12.4 Å². The van der Waals surface area contributed by atoms with Crippen LogP contribution in [0.15, 0.2) is 48.5 Å². The van der Waals surface area contributed by atoms with Gasteiger partial charge in [0.25, 0.3) is 0 Å². The van der Waals surface area contributed by atoms with Gasteiger partial charge >= 0.3 is 0 Å². The summed E-state index contributed by atoms with van der Waals surface area (Å²) in [5, 5.41) is 0. The molecule has 2 N–H and O–H groups in total. The molecule has 0 heterocycles. The number of nitrogens with two attached hydrogens (primary N) is 1. The number of ether oxygens (including phenoxy) is 1. The van der Waals surface area contributed by atoms with Crippen LogP contribution in [0.5, 0.6) is 5.75 Å². The largest absolute Gasteiger partial charge is 0.489 e. The van der Waals surface area contributed by atoms with Gasteiger partial charge in [-0.15, -0.1) is 0 Å². The van der Waals surface area contributed by atoms with Crippen LogP contribution in [0, 0.1) is 0 Å². The predicted molar refractivity (Wildman–Crippen MR) is 88.7 cm³/mol. The Morgan fingerprint density at radius 1 is 0.905 bits per heavy atom. The van der Waals surface area contributed by atoms with Crippen molar-refractivity contribution in [2.24, 2.45) is 5.73 Å². The van der Waals surface area contributed by atoms with Crippen molar-refractivity contribution in [2.75, 3.05) is 6.54 Å². The van der Waals surface area contributed by atoms with Crippen LogP contribution < -0.4 is 10.5 Å². The monoisotopic (exact) mass is 283 g/mol. The summed E-state index contributed by atoms with van der Waals surface area (Å²) >= 11 is 0. The van der Waals surface area contributed by atoms with Crippen LogP contribution in [0.4, 0.5) is 0 Å². The second kappa shape index (κ2) is 6.77. The van der Waals surface area contributed by atoms with E-state index in [0.717, 1.165) is 12.2 Å². The molecule has 2 rings (SSSR count). The number of benzene rings is 2. The van der Waals surface area contributed by atoms with Crippen molar-refractivity contribution in [1.29, 1.82) is 0 Å². The van der Waals surface area contributed by atoms with Gasteiger partial charge in [0.15, 0.2) is 0 Å². The van der Waals surface area contributed by atoms with Gasteiger partial charge in [-0.3, -0.25) is 0 Å². The van der Waals surface area contributed by atoms with Gasteiger partial charge in [-0.05, 0) is 41.1 Å². The maximum absolute atomic E-state index is 6.10. The Morgan fingerprint density at radius 2 is 1.52 bits per heavy atom.